The molecule has 1 aromatic heterocycles. The lowest BCUT2D eigenvalue weighted by Crippen LogP contribution is -2.13. The third-order valence-corrected chi connectivity index (χ3v) is 3.82. The minimum atomic E-state index is -0.524. The van der Waals surface area contributed by atoms with Crippen LogP contribution in [0.3, 0.4) is 0 Å². The van der Waals surface area contributed by atoms with Gasteiger partial charge in [-0.2, -0.15) is 0 Å². The van der Waals surface area contributed by atoms with Crippen molar-refractivity contribution in [2.45, 2.75) is 0 Å². The summed E-state index contributed by atoms with van der Waals surface area (Å²) in [4.78, 5) is 15.8. The Balaban J connectivity index is 2.39. The van der Waals surface area contributed by atoms with Gasteiger partial charge >= 0.3 is 0 Å². The standard InChI is InChI=1S/C16H11BrN2O/c17-13-7-3-1-5-10(13)12-9-15(16(18)20)19-14-8-4-2-6-11(12)14/h1-9H,(H2,18,20). The molecule has 0 atom stereocenters. The summed E-state index contributed by atoms with van der Waals surface area (Å²) in [5, 5.41) is 0.990. The number of halogens is 1. The van der Waals surface area contributed by atoms with E-state index in [1.54, 1.807) is 6.07 Å². The minimum Gasteiger partial charge on any atom is -0.364 e. The summed E-state index contributed by atoms with van der Waals surface area (Å²) >= 11 is 3.54. The van der Waals surface area contributed by atoms with Crippen LogP contribution >= 0.6 is 15.9 Å². The summed E-state index contributed by atoms with van der Waals surface area (Å²) in [7, 11) is 0. The maximum Gasteiger partial charge on any atom is 0.267 e. The van der Waals surface area contributed by atoms with Crippen LogP contribution in [0.25, 0.3) is 22.0 Å². The number of hydrogen-bond acceptors (Lipinski definition) is 2. The summed E-state index contributed by atoms with van der Waals surface area (Å²) in [5.41, 5.74) is 8.36. The van der Waals surface area contributed by atoms with E-state index < -0.39 is 5.91 Å². The molecule has 0 aliphatic carbocycles. The molecule has 0 aliphatic rings. The van der Waals surface area contributed by atoms with E-state index in [0.717, 1.165) is 26.5 Å². The van der Waals surface area contributed by atoms with Crippen LogP contribution < -0.4 is 5.73 Å². The number of para-hydroxylation sites is 1. The average Bonchev–Trinajstić information content (AvgIpc) is 2.46. The Hall–Kier alpha value is -2.20. The number of rotatable bonds is 2. The van der Waals surface area contributed by atoms with Gasteiger partial charge in [0.05, 0.1) is 5.52 Å². The topological polar surface area (TPSA) is 56.0 Å². The first kappa shape index (κ1) is 12.8. The highest BCUT2D eigenvalue weighted by molar-refractivity contribution is 9.10. The third-order valence-electron chi connectivity index (χ3n) is 3.13. The Kier molecular flexibility index (Phi) is 3.24. The Labute approximate surface area is 124 Å². The van der Waals surface area contributed by atoms with Gasteiger partial charge in [-0.1, -0.05) is 52.3 Å². The Morgan fingerprint density at radius 1 is 1.00 bits per heavy atom. The Morgan fingerprint density at radius 3 is 2.45 bits per heavy atom. The van der Waals surface area contributed by atoms with E-state index in [2.05, 4.69) is 20.9 Å². The molecule has 3 nitrogen and oxygen atoms in total. The Morgan fingerprint density at radius 2 is 1.70 bits per heavy atom. The van der Waals surface area contributed by atoms with Crippen LogP contribution in [0, 0.1) is 0 Å². The van der Waals surface area contributed by atoms with Crippen LogP contribution in [0.2, 0.25) is 0 Å². The first-order chi connectivity index (χ1) is 9.66. The van der Waals surface area contributed by atoms with Crippen molar-refractivity contribution < 1.29 is 4.79 Å². The summed E-state index contributed by atoms with van der Waals surface area (Å²) in [6, 6.07) is 17.3. The molecule has 2 N–H and O–H groups in total. The van der Waals surface area contributed by atoms with Crippen LogP contribution in [0.1, 0.15) is 10.5 Å². The van der Waals surface area contributed by atoms with E-state index in [4.69, 9.17) is 5.73 Å². The van der Waals surface area contributed by atoms with Gasteiger partial charge in [-0.15, -0.1) is 0 Å². The molecule has 20 heavy (non-hydrogen) atoms. The van der Waals surface area contributed by atoms with E-state index in [1.807, 2.05) is 48.5 Å². The molecule has 1 heterocycles. The second kappa shape index (κ2) is 5.06. The summed E-state index contributed by atoms with van der Waals surface area (Å²) in [6.45, 7) is 0. The zero-order valence-electron chi connectivity index (χ0n) is 10.5. The predicted octanol–water partition coefficient (Wildman–Crippen LogP) is 3.76. The summed E-state index contributed by atoms with van der Waals surface area (Å²) < 4.78 is 0.965. The smallest absolute Gasteiger partial charge is 0.267 e. The number of carbonyl (C=O) groups is 1. The fourth-order valence-corrected chi connectivity index (χ4v) is 2.70. The highest BCUT2D eigenvalue weighted by Gasteiger charge is 2.12. The van der Waals surface area contributed by atoms with Crippen LogP contribution in [0.15, 0.2) is 59.1 Å². The van der Waals surface area contributed by atoms with Gasteiger partial charge in [0, 0.05) is 9.86 Å². The molecule has 0 bridgehead atoms. The molecule has 0 radical (unpaired) electrons. The minimum absolute atomic E-state index is 0.273. The van der Waals surface area contributed by atoms with Crippen LogP contribution in [0.4, 0.5) is 0 Å². The van der Waals surface area contributed by atoms with Gasteiger partial charge in [0.1, 0.15) is 5.69 Å². The molecule has 3 rings (SSSR count). The van der Waals surface area contributed by atoms with Gasteiger partial charge in [0.2, 0.25) is 0 Å². The molecule has 0 spiro atoms. The lowest BCUT2D eigenvalue weighted by atomic mass is 10.00. The quantitative estimate of drug-likeness (QED) is 0.779. The van der Waals surface area contributed by atoms with Gasteiger partial charge in [0.25, 0.3) is 5.91 Å². The molecule has 2 aromatic carbocycles. The van der Waals surface area contributed by atoms with Gasteiger partial charge in [-0.05, 0) is 29.3 Å². The largest absolute Gasteiger partial charge is 0.364 e. The number of nitrogens with zero attached hydrogens (tertiary/aromatic N) is 1. The van der Waals surface area contributed by atoms with E-state index in [1.165, 1.54) is 0 Å². The van der Waals surface area contributed by atoms with Crippen molar-refractivity contribution in [1.82, 2.24) is 4.98 Å². The number of nitrogens with two attached hydrogens (primary N) is 1. The highest BCUT2D eigenvalue weighted by Crippen LogP contribution is 2.33. The van der Waals surface area contributed by atoms with Gasteiger partial charge in [0.15, 0.2) is 0 Å². The number of pyridine rings is 1. The third kappa shape index (κ3) is 2.18. The first-order valence-corrected chi connectivity index (χ1v) is 6.90. The molecule has 0 fully saturated rings. The van der Waals surface area contributed by atoms with E-state index in [0.29, 0.717) is 0 Å². The van der Waals surface area contributed by atoms with Crippen LogP contribution in [0.5, 0.6) is 0 Å². The second-order valence-electron chi connectivity index (χ2n) is 4.42. The van der Waals surface area contributed by atoms with E-state index in [9.17, 15) is 4.79 Å². The number of primary amides is 1. The number of carbonyl (C=O) groups excluding carboxylic acids is 1. The maximum absolute atomic E-state index is 11.5. The molecule has 1 amide bonds. The average molecular weight is 327 g/mol. The SMILES string of the molecule is NC(=O)c1cc(-c2ccccc2Br)c2ccccc2n1. The number of amides is 1. The van der Waals surface area contributed by atoms with Crippen molar-refractivity contribution in [3.63, 3.8) is 0 Å². The summed E-state index contributed by atoms with van der Waals surface area (Å²) in [6.07, 6.45) is 0. The first-order valence-electron chi connectivity index (χ1n) is 6.11. The summed E-state index contributed by atoms with van der Waals surface area (Å²) in [5.74, 6) is -0.524. The fraction of sp³-hybridized carbons (Fsp3) is 0. The Bertz CT molecular complexity index is 814. The molecular formula is C16H11BrN2O. The zero-order valence-corrected chi connectivity index (χ0v) is 12.1. The number of fused-ring (bicyclic) bond motifs is 1. The second-order valence-corrected chi connectivity index (χ2v) is 5.27. The van der Waals surface area contributed by atoms with Crippen molar-refractivity contribution in [1.29, 1.82) is 0 Å². The lowest BCUT2D eigenvalue weighted by Gasteiger charge is -2.10. The van der Waals surface area contributed by atoms with Crippen molar-refractivity contribution in [3.05, 3.63) is 64.8 Å². The number of aromatic nitrogens is 1. The number of hydrogen-bond donors (Lipinski definition) is 1. The van der Waals surface area contributed by atoms with Crippen molar-refractivity contribution >= 4 is 32.7 Å². The predicted molar refractivity (Wildman–Crippen MR) is 83.4 cm³/mol. The van der Waals surface area contributed by atoms with Crippen molar-refractivity contribution in [2.75, 3.05) is 0 Å². The number of benzene rings is 2. The molecule has 3 aromatic rings. The molecule has 0 aliphatic heterocycles. The van der Waals surface area contributed by atoms with E-state index >= 15 is 0 Å². The van der Waals surface area contributed by atoms with Crippen molar-refractivity contribution in [3.8, 4) is 11.1 Å². The molecule has 98 valence electrons. The molecule has 0 unspecified atom stereocenters. The van der Waals surface area contributed by atoms with Gasteiger partial charge < -0.3 is 5.73 Å². The molecule has 0 saturated carbocycles. The van der Waals surface area contributed by atoms with E-state index in [-0.39, 0.29) is 5.69 Å². The fourth-order valence-electron chi connectivity index (χ4n) is 2.20. The van der Waals surface area contributed by atoms with Gasteiger partial charge in [-0.25, -0.2) is 4.98 Å². The van der Waals surface area contributed by atoms with Crippen molar-refractivity contribution in [2.24, 2.45) is 5.73 Å². The molecule has 0 saturated heterocycles. The maximum atomic E-state index is 11.5. The highest BCUT2D eigenvalue weighted by atomic mass is 79.9. The zero-order chi connectivity index (χ0) is 14.1. The molecular weight excluding hydrogens is 316 g/mol. The normalized spacial score (nSPS) is 10.7. The lowest BCUT2D eigenvalue weighted by molar-refractivity contribution is 0.0996. The van der Waals surface area contributed by atoms with Crippen LogP contribution in [-0.4, -0.2) is 10.9 Å². The van der Waals surface area contributed by atoms with Crippen LogP contribution in [-0.2, 0) is 0 Å². The van der Waals surface area contributed by atoms with Gasteiger partial charge in [-0.3, -0.25) is 4.79 Å². The molecule has 4 heteroatoms. The monoisotopic (exact) mass is 326 g/mol.